The fraction of sp³-hybridized carbons (Fsp3) is 0.478. The van der Waals surface area contributed by atoms with Crippen molar-refractivity contribution in [3.63, 3.8) is 0 Å². The molecule has 0 saturated carbocycles. The summed E-state index contributed by atoms with van der Waals surface area (Å²) in [7, 11) is 0. The molecule has 25 heavy (non-hydrogen) atoms. The van der Waals surface area contributed by atoms with Crippen molar-refractivity contribution in [2.75, 3.05) is 13.2 Å². The van der Waals surface area contributed by atoms with E-state index in [1.807, 2.05) is 0 Å². The third kappa shape index (κ3) is 6.30. The second kappa shape index (κ2) is 10.4. The van der Waals surface area contributed by atoms with Gasteiger partial charge in [-0.3, -0.25) is 0 Å². The van der Waals surface area contributed by atoms with Gasteiger partial charge in [0.1, 0.15) is 0 Å². The highest BCUT2D eigenvalue weighted by Crippen LogP contribution is 2.20. The first-order chi connectivity index (χ1) is 12.2. The number of aliphatic hydroxyl groups excluding tert-OH is 2. The van der Waals surface area contributed by atoms with E-state index in [2.05, 4.69) is 50.2 Å². The van der Waals surface area contributed by atoms with Crippen LogP contribution >= 0.6 is 0 Å². The summed E-state index contributed by atoms with van der Waals surface area (Å²) in [6, 6.07) is 13.8. The Hall–Kier alpha value is -1.64. The van der Waals surface area contributed by atoms with Gasteiger partial charge >= 0.3 is 0 Å². The Balaban J connectivity index is 2.25. The SMILES string of the molecule is CCc1cc(CCCO)cc(Cc2cc(CC)cc(CCCO)c2)c1. The lowest BCUT2D eigenvalue weighted by Crippen LogP contribution is -1.99. The maximum Gasteiger partial charge on any atom is 0.0434 e. The zero-order chi connectivity index (χ0) is 18.1. The molecule has 2 nitrogen and oxygen atoms in total. The molecular weight excluding hydrogens is 308 g/mol. The van der Waals surface area contributed by atoms with Crippen molar-refractivity contribution in [3.8, 4) is 0 Å². The van der Waals surface area contributed by atoms with Crippen LogP contribution in [0.25, 0.3) is 0 Å². The van der Waals surface area contributed by atoms with Gasteiger partial charge in [0.2, 0.25) is 0 Å². The smallest absolute Gasteiger partial charge is 0.0434 e. The zero-order valence-electron chi connectivity index (χ0n) is 15.7. The summed E-state index contributed by atoms with van der Waals surface area (Å²) >= 11 is 0. The standard InChI is InChI=1S/C23H32O2/c1-3-18-11-20(7-5-9-24)15-22(13-18)17-23-14-19(4-2)12-21(16-23)8-6-10-25/h11-16,24-25H,3-10,17H2,1-2H3. The van der Waals surface area contributed by atoms with E-state index < -0.39 is 0 Å². The topological polar surface area (TPSA) is 40.5 Å². The van der Waals surface area contributed by atoms with Crippen LogP contribution in [-0.2, 0) is 32.1 Å². The van der Waals surface area contributed by atoms with Crippen LogP contribution in [0.1, 0.15) is 60.1 Å². The molecule has 0 spiro atoms. The minimum atomic E-state index is 0.248. The highest BCUT2D eigenvalue weighted by molar-refractivity contribution is 5.37. The molecule has 2 heteroatoms. The fourth-order valence-corrected chi connectivity index (χ4v) is 3.38. The molecule has 0 aliphatic heterocycles. The normalized spacial score (nSPS) is 11.0. The van der Waals surface area contributed by atoms with Crippen molar-refractivity contribution in [3.05, 3.63) is 69.8 Å². The highest BCUT2D eigenvalue weighted by atomic mass is 16.3. The molecule has 0 aromatic heterocycles. The van der Waals surface area contributed by atoms with E-state index in [0.29, 0.717) is 0 Å². The number of hydrogen-bond donors (Lipinski definition) is 2. The monoisotopic (exact) mass is 340 g/mol. The van der Waals surface area contributed by atoms with Gasteiger partial charge in [0.25, 0.3) is 0 Å². The minimum Gasteiger partial charge on any atom is -0.396 e. The van der Waals surface area contributed by atoms with Gasteiger partial charge in [-0.15, -0.1) is 0 Å². The lowest BCUT2D eigenvalue weighted by molar-refractivity contribution is 0.288. The summed E-state index contributed by atoms with van der Waals surface area (Å²) in [6.45, 7) is 4.89. The maximum atomic E-state index is 9.10. The van der Waals surface area contributed by atoms with E-state index in [-0.39, 0.29) is 13.2 Å². The Bertz CT molecular complexity index is 604. The maximum absolute atomic E-state index is 9.10. The van der Waals surface area contributed by atoms with Crippen molar-refractivity contribution in [2.45, 2.75) is 58.8 Å². The molecule has 0 saturated heterocycles. The predicted molar refractivity (Wildman–Crippen MR) is 105 cm³/mol. The average Bonchev–Trinajstić information content (AvgIpc) is 2.64. The van der Waals surface area contributed by atoms with Gasteiger partial charge < -0.3 is 10.2 Å². The third-order valence-corrected chi connectivity index (χ3v) is 4.70. The Morgan fingerprint density at radius 1 is 0.560 bits per heavy atom. The van der Waals surface area contributed by atoms with Crippen LogP contribution in [0.3, 0.4) is 0 Å². The molecule has 0 radical (unpaired) electrons. The summed E-state index contributed by atoms with van der Waals surface area (Å²) in [4.78, 5) is 0. The third-order valence-electron chi connectivity index (χ3n) is 4.70. The van der Waals surface area contributed by atoms with Crippen LogP contribution in [-0.4, -0.2) is 23.4 Å². The molecule has 0 heterocycles. The summed E-state index contributed by atoms with van der Waals surface area (Å²) in [6.07, 6.45) is 6.54. The number of rotatable bonds is 10. The Morgan fingerprint density at radius 3 is 1.28 bits per heavy atom. The summed E-state index contributed by atoms with van der Waals surface area (Å²) < 4.78 is 0. The van der Waals surface area contributed by atoms with E-state index in [0.717, 1.165) is 44.9 Å². The first-order valence-corrected chi connectivity index (χ1v) is 9.63. The van der Waals surface area contributed by atoms with E-state index >= 15 is 0 Å². The number of aryl methyl sites for hydroxylation is 4. The fourth-order valence-electron chi connectivity index (χ4n) is 3.38. The quantitative estimate of drug-likeness (QED) is 0.679. The minimum absolute atomic E-state index is 0.248. The summed E-state index contributed by atoms with van der Waals surface area (Å²) in [5.41, 5.74) is 8.11. The molecule has 2 aromatic rings. The highest BCUT2D eigenvalue weighted by Gasteiger charge is 2.05. The van der Waals surface area contributed by atoms with E-state index in [1.165, 1.54) is 33.4 Å². The van der Waals surface area contributed by atoms with Gasteiger partial charge in [-0.25, -0.2) is 0 Å². The van der Waals surface area contributed by atoms with Crippen molar-refractivity contribution < 1.29 is 10.2 Å². The molecule has 0 aliphatic carbocycles. The van der Waals surface area contributed by atoms with Crippen LogP contribution in [0.5, 0.6) is 0 Å². The molecule has 2 aromatic carbocycles. The van der Waals surface area contributed by atoms with Crippen LogP contribution in [0.2, 0.25) is 0 Å². The van der Waals surface area contributed by atoms with E-state index in [4.69, 9.17) is 10.2 Å². The molecule has 136 valence electrons. The van der Waals surface area contributed by atoms with Gasteiger partial charge in [-0.05, 0) is 78.3 Å². The molecule has 0 aliphatic rings. The number of benzene rings is 2. The number of aliphatic hydroxyl groups is 2. The predicted octanol–water partition coefficient (Wildman–Crippen LogP) is 4.25. The van der Waals surface area contributed by atoms with Crippen molar-refractivity contribution >= 4 is 0 Å². The average molecular weight is 341 g/mol. The van der Waals surface area contributed by atoms with Gasteiger partial charge in [0.15, 0.2) is 0 Å². The van der Waals surface area contributed by atoms with Crippen molar-refractivity contribution in [2.24, 2.45) is 0 Å². The second-order valence-electron chi connectivity index (χ2n) is 6.85. The van der Waals surface area contributed by atoms with E-state index in [9.17, 15) is 0 Å². The molecule has 2 N–H and O–H groups in total. The van der Waals surface area contributed by atoms with Crippen molar-refractivity contribution in [1.29, 1.82) is 0 Å². The van der Waals surface area contributed by atoms with Crippen LogP contribution in [0.4, 0.5) is 0 Å². The van der Waals surface area contributed by atoms with Gasteiger partial charge in [0, 0.05) is 13.2 Å². The molecule has 0 unspecified atom stereocenters. The van der Waals surface area contributed by atoms with Crippen molar-refractivity contribution in [1.82, 2.24) is 0 Å². The second-order valence-corrected chi connectivity index (χ2v) is 6.85. The molecule has 0 amide bonds. The Kier molecular flexibility index (Phi) is 8.17. The molecule has 0 atom stereocenters. The Labute approximate surface area is 152 Å². The first kappa shape index (κ1) is 19.7. The Morgan fingerprint density at radius 2 is 0.920 bits per heavy atom. The summed E-state index contributed by atoms with van der Waals surface area (Å²) in [5.74, 6) is 0. The van der Waals surface area contributed by atoms with E-state index in [1.54, 1.807) is 0 Å². The van der Waals surface area contributed by atoms with Crippen LogP contribution in [0.15, 0.2) is 36.4 Å². The molecular formula is C23H32O2. The zero-order valence-corrected chi connectivity index (χ0v) is 15.7. The van der Waals surface area contributed by atoms with Gasteiger partial charge in [-0.2, -0.15) is 0 Å². The van der Waals surface area contributed by atoms with Gasteiger partial charge in [0.05, 0.1) is 0 Å². The molecule has 0 fully saturated rings. The van der Waals surface area contributed by atoms with Crippen LogP contribution < -0.4 is 0 Å². The number of hydrogen-bond acceptors (Lipinski definition) is 2. The van der Waals surface area contributed by atoms with Crippen LogP contribution in [0, 0.1) is 0 Å². The largest absolute Gasteiger partial charge is 0.396 e. The summed E-state index contributed by atoms with van der Waals surface area (Å²) in [5, 5.41) is 18.2. The lowest BCUT2D eigenvalue weighted by atomic mass is 9.94. The first-order valence-electron chi connectivity index (χ1n) is 9.63. The van der Waals surface area contributed by atoms with Gasteiger partial charge in [-0.1, -0.05) is 50.2 Å². The lowest BCUT2D eigenvalue weighted by Gasteiger charge is -2.12. The molecule has 0 bridgehead atoms. The molecule has 2 rings (SSSR count).